The molecule has 0 bridgehead atoms. The molecule has 0 spiro atoms. The molecule has 2 N–H and O–H groups in total. The van der Waals surface area contributed by atoms with Crippen LogP contribution in [0.3, 0.4) is 0 Å². The van der Waals surface area contributed by atoms with E-state index >= 15 is 0 Å². The van der Waals surface area contributed by atoms with Crippen molar-refractivity contribution in [3.63, 3.8) is 0 Å². The number of carbonyl (C=O) groups is 1. The van der Waals surface area contributed by atoms with Crippen LogP contribution in [0.25, 0.3) is 0 Å². The summed E-state index contributed by atoms with van der Waals surface area (Å²) in [5.41, 5.74) is 8.59. The van der Waals surface area contributed by atoms with E-state index in [2.05, 4.69) is 24.3 Å². The summed E-state index contributed by atoms with van der Waals surface area (Å²) in [6.07, 6.45) is 5.21. The van der Waals surface area contributed by atoms with Gasteiger partial charge in [-0.15, -0.1) is 0 Å². The van der Waals surface area contributed by atoms with Crippen LogP contribution in [0.2, 0.25) is 0 Å². The normalized spacial score (nSPS) is 29.7. The van der Waals surface area contributed by atoms with Gasteiger partial charge in [0.2, 0.25) is 0 Å². The number of rotatable bonds is 4. The number of ketones is 1. The van der Waals surface area contributed by atoms with Gasteiger partial charge in [-0.3, -0.25) is 4.79 Å². The summed E-state index contributed by atoms with van der Waals surface area (Å²) in [4.78, 5) is 12.4. The van der Waals surface area contributed by atoms with Gasteiger partial charge in [0.1, 0.15) is 5.78 Å². The zero-order valence-electron chi connectivity index (χ0n) is 10.8. The molecule has 18 heavy (non-hydrogen) atoms. The lowest BCUT2D eigenvalue weighted by Gasteiger charge is -2.31. The fourth-order valence-electron chi connectivity index (χ4n) is 3.68. The van der Waals surface area contributed by atoms with Crippen molar-refractivity contribution in [2.24, 2.45) is 17.6 Å². The van der Waals surface area contributed by atoms with Gasteiger partial charge in [-0.2, -0.15) is 0 Å². The fraction of sp³-hybridized carbons (Fsp3) is 0.562. The Kier molecular flexibility index (Phi) is 3.21. The van der Waals surface area contributed by atoms with Gasteiger partial charge in [-0.25, -0.2) is 0 Å². The summed E-state index contributed by atoms with van der Waals surface area (Å²) < 4.78 is 0. The van der Waals surface area contributed by atoms with Gasteiger partial charge >= 0.3 is 0 Å². The molecule has 1 aromatic carbocycles. The van der Waals surface area contributed by atoms with E-state index in [9.17, 15) is 4.79 Å². The Morgan fingerprint density at radius 2 is 2.11 bits per heavy atom. The van der Waals surface area contributed by atoms with Crippen molar-refractivity contribution in [2.45, 2.75) is 38.0 Å². The Morgan fingerprint density at radius 3 is 2.89 bits per heavy atom. The third-order valence-electron chi connectivity index (χ3n) is 4.78. The van der Waals surface area contributed by atoms with E-state index < -0.39 is 0 Å². The molecular formula is C16H21NO. The highest BCUT2D eigenvalue weighted by molar-refractivity contribution is 5.83. The van der Waals surface area contributed by atoms with Crippen LogP contribution in [-0.4, -0.2) is 12.3 Å². The summed E-state index contributed by atoms with van der Waals surface area (Å²) in [5.74, 6) is 1.64. The molecule has 3 unspecified atom stereocenters. The summed E-state index contributed by atoms with van der Waals surface area (Å²) >= 11 is 0. The molecule has 0 aliphatic heterocycles. The van der Waals surface area contributed by atoms with E-state index in [0.29, 0.717) is 24.2 Å². The Balaban J connectivity index is 1.63. The van der Waals surface area contributed by atoms with E-state index in [0.717, 1.165) is 25.7 Å². The maximum Gasteiger partial charge on any atom is 0.136 e. The molecule has 3 rings (SSSR count). The van der Waals surface area contributed by atoms with E-state index in [-0.39, 0.29) is 5.92 Å². The first-order chi connectivity index (χ1) is 8.79. The van der Waals surface area contributed by atoms with Crippen molar-refractivity contribution in [3.8, 4) is 0 Å². The molecule has 1 aromatic rings. The summed E-state index contributed by atoms with van der Waals surface area (Å²) in [7, 11) is 0. The Labute approximate surface area is 109 Å². The van der Waals surface area contributed by atoms with Gasteiger partial charge in [0.25, 0.3) is 0 Å². The molecule has 3 atom stereocenters. The highest BCUT2D eigenvalue weighted by Crippen LogP contribution is 2.40. The lowest BCUT2D eigenvalue weighted by Crippen LogP contribution is -2.28. The van der Waals surface area contributed by atoms with Crippen LogP contribution in [0.4, 0.5) is 0 Å². The number of hydrogen-bond acceptors (Lipinski definition) is 2. The second kappa shape index (κ2) is 4.85. The summed E-state index contributed by atoms with van der Waals surface area (Å²) in [6, 6.07) is 8.51. The molecule has 2 aliphatic rings. The molecule has 2 aliphatic carbocycles. The van der Waals surface area contributed by atoms with Crippen molar-refractivity contribution < 1.29 is 4.79 Å². The minimum Gasteiger partial charge on any atom is -0.330 e. The number of Topliss-reactive ketones (excluding diaryl/α,β-unsaturated/α-hetero) is 1. The number of nitrogens with two attached hydrogens (primary N) is 1. The monoisotopic (exact) mass is 243 g/mol. The third kappa shape index (κ3) is 1.99. The Morgan fingerprint density at radius 1 is 1.28 bits per heavy atom. The van der Waals surface area contributed by atoms with Crippen molar-refractivity contribution >= 4 is 5.78 Å². The van der Waals surface area contributed by atoms with E-state index in [1.807, 2.05) is 0 Å². The molecule has 0 aromatic heterocycles. The maximum absolute atomic E-state index is 12.4. The number of benzene rings is 1. The zero-order chi connectivity index (χ0) is 12.5. The van der Waals surface area contributed by atoms with E-state index in [4.69, 9.17) is 5.73 Å². The van der Waals surface area contributed by atoms with Crippen LogP contribution in [0.5, 0.6) is 0 Å². The molecular weight excluding hydrogens is 222 g/mol. The van der Waals surface area contributed by atoms with Crippen LogP contribution in [0, 0.1) is 11.8 Å². The van der Waals surface area contributed by atoms with E-state index in [1.54, 1.807) is 0 Å². The SMILES string of the molecule is NCC1CCCC1C(=O)CC1Cc2ccccc21. The van der Waals surface area contributed by atoms with Gasteiger partial charge in [0.15, 0.2) is 0 Å². The highest BCUT2D eigenvalue weighted by Gasteiger charge is 2.35. The first-order valence-electron chi connectivity index (χ1n) is 7.10. The number of hydrogen-bond donors (Lipinski definition) is 1. The van der Waals surface area contributed by atoms with Crippen LogP contribution < -0.4 is 5.73 Å². The lowest BCUT2D eigenvalue weighted by molar-refractivity contribution is -0.124. The molecule has 2 heteroatoms. The first-order valence-corrected chi connectivity index (χ1v) is 7.10. The van der Waals surface area contributed by atoms with Crippen molar-refractivity contribution in [1.29, 1.82) is 0 Å². The predicted molar refractivity (Wildman–Crippen MR) is 72.4 cm³/mol. The Hall–Kier alpha value is -1.15. The minimum atomic E-state index is 0.253. The molecule has 0 heterocycles. The fourth-order valence-corrected chi connectivity index (χ4v) is 3.68. The average molecular weight is 243 g/mol. The summed E-state index contributed by atoms with van der Waals surface area (Å²) in [5, 5.41) is 0. The van der Waals surface area contributed by atoms with Gasteiger partial charge in [-0.1, -0.05) is 30.7 Å². The second-order valence-electron chi connectivity index (χ2n) is 5.80. The van der Waals surface area contributed by atoms with Crippen molar-refractivity contribution in [3.05, 3.63) is 35.4 Å². The largest absolute Gasteiger partial charge is 0.330 e. The standard InChI is InChI=1S/C16H21NO/c17-10-12-5-3-7-15(12)16(18)9-13-8-11-4-1-2-6-14(11)13/h1-2,4,6,12-13,15H,3,5,7-10,17H2. The molecule has 0 saturated heterocycles. The minimum absolute atomic E-state index is 0.253. The van der Waals surface area contributed by atoms with Crippen LogP contribution in [0.1, 0.15) is 42.7 Å². The smallest absolute Gasteiger partial charge is 0.136 e. The third-order valence-corrected chi connectivity index (χ3v) is 4.78. The topological polar surface area (TPSA) is 43.1 Å². The number of carbonyl (C=O) groups excluding carboxylic acids is 1. The predicted octanol–water partition coefficient (Wildman–Crippen LogP) is 2.66. The van der Waals surface area contributed by atoms with Crippen LogP contribution in [-0.2, 0) is 11.2 Å². The maximum atomic E-state index is 12.4. The number of fused-ring (bicyclic) bond motifs is 1. The zero-order valence-corrected chi connectivity index (χ0v) is 10.8. The van der Waals surface area contributed by atoms with E-state index in [1.165, 1.54) is 17.5 Å². The first kappa shape index (κ1) is 11.9. The molecule has 1 saturated carbocycles. The second-order valence-corrected chi connectivity index (χ2v) is 5.80. The highest BCUT2D eigenvalue weighted by atomic mass is 16.1. The van der Waals surface area contributed by atoms with Crippen molar-refractivity contribution in [1.82, 2.24) is 0 Å². The molecule has 96 valence electrons. The van der Waals surface area contributed by atoms with Crippen LogP contribution in [0.15, 0.2) is 24.3 Å². The van der Waals surface area contributed by atoms with Gasteiger partial charge < -0.3 is 5.73 Å². The van der Waals surface area contributed by atoms with Gasteiger partial charge in [0.05, 0.1) is 0 Å². The molecule has 1 fully saturated rings. The Bertz CT molecular complexity index is 454. The quantitative estimate of drug-likeness (QED) is 0.883. The van der Waals surface area contributed by atoms with Crippen molar-refractivity contribution in [2.75, 3.05) is 6.54 Å². The van der Waals surface area contributed by atoms with Crippen LogP contribution >= 0.6 is 0 Å². The molecule has 0 amide bonds. The average Bonchev–Trinajstić information content (AvgIpc) is 2.84. The molecule has 0 radical (unpaired) electrons. The van der Waals surface area contributed by atoms with Gasteiger partial charge in [0, 0.05) is 12.3 Å². The molecule has 2 nitrogen and oxygen atoms in total. The van der Waals surface area contributed by atoms with Gasteiger partial charge in [-0.05, 0) is 48.8 Å². The summed E-state index contributed by atoms with van der Waals surface area (Å²) in [6.45, 7) is 0.678. The lowest BCUT2D eigenvalue weighted by atomic mass is 9.73.